The maximum Gasteiger partial charge on any atom is 0.416 e. The van der Waals surface area contributed by atoms with Crippen molar-refractivity contribution in [2.24, 2.45) is 0 Å². The van der Waals surface area contributed by atoms with Crippen LogP contribution in [0.25, 0.3) is 0 Å². The molecule has 0 saturated heterocycles. The van der Waals surface area contributed by atoms with Gasteiger partial charge in [0.2, 0.25) is 0 Å². The van der Waals surface area contributed by atoms with Crippen molar-refractivity contribution in [3.8, 4) is 0 Å². The lowest BCUT2D eigenvalue weighted by molar-refractivity contribution is -0.138. The second-order valence-electron chi connectivity index (χ2n) is 4.49. The third-order valence-electron chi connectivity index (χ3n) is 3.07. The van der Waals surface area contributed by atoms with Gasteiger partial charge < -0.3 is 5.32 Å². The van der Waals surface area contributed by atoms with Crippen LogP contribution >= 0.6 is 11.3 Å². The minimum Gasteiger partial charge on any atom is -0.313 e. The highest BCUT2D eigenvalue weighted by Crippen LogP contribution is 2.35. The monoisotopic (exact) mass is 300 g/mol. The van der Waals surface area contributed by atoms with Gasteiger partial charge in [0.15, 0.2) is 0 Å². The largest absolute Gasteiger partial charge is 0.416 e. The van der Waals surface area contributed by atoms with E-state index in [0.29, 0.717) is 6.42 Å². The van der Waals surface area contributed by atoms with Crippen molar-refractivity contribution < 1.29 is 13.2 Å². The number of aromatic nitrogens is 1. The van der Waals surface area contributed by atoms with E-state index in [9.17, 15) is 13.2 Å². The Balaban J connectivity index is 2.32. The molecule has 2 nitrogen and oxygen atoms in total. The number of rotatable bonds is 4. The van der Waals surface area contributed by atoms with Gasteiger partial charge in [-0.25, -0.2) is 4.98 Å². The summed E-state index contributed by atoms with van der Waals surface area (Å²) in [7, 11) is 1.66. The lowest BCUT2D eigenvalue weighted by Crippen LogP contribution is -2.23. The molecule has 1 unspecified atom stereocenters. The SMILES string of the molecule is CNC(Cc1csc(C)n1)c1ccccc1C(F)(F)F. The summed E-state index contributed by atoms with van der Waals surface area (Å²) >= 11 is 1.50. The fourth-order valence-corrected chi connectivity index (χ4v) is 2.76. The van der Waals surface area contributed by atoms with Crippen LogP contribution in [0, 0.1) is 6.92 Å². The molecule has 0 aliphatic rings. The summed E-state index contributed by atoms with van der Waals surface area (Å²) in [6, 6.07) is 5.26. The third-order valence-corrected chi connectivity index (χ3v) is 3.89. The number of nitrogens with zero attached hydrogens (tertiary/aromatic N) is 1. The van der Waals surface area contributed by atoms with Crippen molar-refractivity contribution in [2.45, 2.75) is 25.6 Å². The number of aryl methyl sites for hydroxylation is 1. The fourth-order valence-electron chi connectivity index (χ4n) is 2.14. The van der Waals surface area contributed by atoms with Crippen LogP contribution in [0.4, 0.5) is 13.2 Å². The Kier molecular flexibility index (Phi) is 4.45. The molecule has 20 heavy (non-hydrogen) atoms. The Morgan fingerprint density at radius 1 is 1.30 bits per heavy atom. The molecule has 0 aliphatic carbocycles. The van der Waals surface area contributed by atoms with E-state index in [-0.39, 0.29) is 5.56 Å². The van der Waals surface area contributed by atoms with E-state index in [0.717, 1.165) is 16.8 Å². The van der Waals surface area contributed by atoms with Gasteiger partial charge in [0.25, 0.3) is 0 Å². The highest BCUT2D eigenvalue weighted by molar-refractivity contribution is 7.09. The normalized spacial score (nSPS) is 13.4. The number of thiazole rings is 1. The molecule has 0 fully saturated rings. The number of benzene rings is 1. The second kappa shape index (κ2) is 5.93. The number of likely N-dealkylation sites (N-methyl/N-ethyl adjacent to an activating group) is 1. The number of hydrogen-bond donors (Lipinski definition) is 1. The lowest BCUT2D eigenvalue weighted by atomic mass is 9.97. The van der Waals surface area contributed by atoms with Crippen LogP contribution in [0.1, 0.15) is 27.9 Å². The van der Waals surface area contributed by atoms with Gasteiger partial charge in [-0.3, -0.25) is 0 Å². The molecule has 0 spiro atoms. The van der Waals surface area contributed by atoms with Crippen LogP contribution in [-0.2, 0) is 12.6 Å². The Labute approximate surface area is 119 Å². The molecular weight excluding hydrogens is 285 g/mol. The first kappa shape index (κ1) is 15.0. The van der Waals surface area contributed by atoms with Crippen LogP contribution < -0.4 is 5.32 Å². The van der Waals surface area contributed by atoms with E-state index >= 15 is 0 Å². The first-order valence-electron chi connectivity index (χ1n) is 6.16. The topological polar surface area (TPSA) is 24.9 Å². The van der Waals surface area contributed by atoms with Crippen molar-refractivity contribution in [1.29, 1.82) is 0 Å². The molecule has 0 saturated carbocycles. The van der Waals surface area contributed by atoms with E-state index in [2.05, 4.69) is 10.3 Å². The molecule has 1 atom stereocenters. The van der Waals surface area contributed by atoms with Crippen molar-refractivity contribution >= 4 is 11.3 Å². The van der Waals surface area contributed by atoms with Crippen molar-refractivity contribution in [3.63, 3.8) is 0 Å². The van der Waals surface area contributed by atoms with Gasteiger partial charge in [0.1, 0.15) is 0 Å². The van der Waals surface area contributed by atoms with Gasteiger partial charge in [-0.2, -0.15) is 13.2 Å². The van der Waals surface area contributed by atoms with E-state index in [1.807, 2.05) is 12.3 Å². The van der Waals surface area contributed by atoms with Crippen LogP contribution in [0.2, 0.25) is 0 Å². The van der Waals surface area contributed by atoms with Gasteiger partial charge in [-0.05, 0) is 25.6 Å². The molecule has 0 bridgehead atoms. The number of hydrogen-bond acceptors (Lipinski definition) is 3. The standard InChI is InChI=1S/C14H15F3N2S/c1-9-19-10(8-20-9)7-13(18-2)11-5-3-4-6-12(11)14(15,16)17/h3-6,8,13,18H,7H2,1-2H3. The summed E-state index contributed by atoms with van der Waals surface area (Å²) in [5.41, 5.74) is 0.475. The molecule has 0 aliphatic heterocycles. The average molecular weight is 300 g/mol. The molecule has 1 N–H and O–H groups in total. The first-order chi connectivity index (χ1) is 9.41. The molecule has 1 heterocycles. The molecule has 108 valence electrons. The van der Waals surface area contributed by atoms with Crippen LogP contribution in [0.15, 0.2) is 29.6 Å². The Morgan fingerprint density at radius 2 is 2.00 bits per heavy atom. The number of halogens is 3. The van der Waals surface area contributed by atoms with E-state index in [1.54, 1.807) is 13.1 Å². The molecule has 1 aromatic heterocycles. The zero-order valence-corrected chi connectivity index (χ0v) is 12.0. The molecule has 1 aromatic carbocycles. The summed E-state index contributed by atoms with van der Waals surface area (Å²) in [6.07, 6.45) is -3.91. The molecule has 2 rings (SSSR count). The first-order valence-corrected chi connectivity index (χ1v) is 7.04. The quantitative estimate of drug-likeness (QED) is 0.924. The Morgan fingerprint density at radius 3 is 2.55 bits per heavy atom. The summed E-state index contributed by atoms with van der Waals surface area (Å²) in [4.78, 5) is 4.31. The maximum absolute atomic E-state index is 13.0. The van der Waals surface area contributed by atoms with Crippen LogP contribution in [-0.4, -0.2) is 12.0 Å². The summed E-state index contributed by atoms with van der Waals surface area (Å²) in [5, 5.41) is 5.75. The second-order valence-corrected chi connectivity index (χ2v) is 5.55. The van der Waals surface area contributed by atoms with Crippen LogP contribution in [0.3, 0.4) is 0 Å². The molecule has 0 radical (unpaired) electrons. The molecule has 0 amide bonds. The molecule has 6 heteroatoms. The highest BCUT2D eigenvalue weighted by Gasteiger charge is 2.34. The van der Waals surface area contributed by atoms with Crippen molar-refractivity contribution in [3.05, 3.63) is 51.5 Å². The van der Waals surface area contributed by atoms with Crippen molar-refractivity contribution in [1.82, 2.24) is 10.3 Å². The lowest BCUT2D eigenvalue weighted by Gasteiger charge is -2.20. The summed E-state index contributed by atoms with van der Waals surface area (Å²) in [5.74, 6) is 0. The third kappa shape index (κ3) is 3.37. The Bertz CT molecular complexity index is 578. The van der Waals surface area contributed by atoms with Gasteiger partial charge in [0.05, 0.1) is 16.3 Å². The molecule has 2 aromatic rings. The van der Waals surface area contributed by atoms with Gasteiger partial charge >= 0.3 is 6.18 Å². The zero-order chi connectivity index (χ0) is 14.8. The minimum atomic E-state index is -4.34. The maximum atomic E-state index is 13.0. The fraction of sp³-hybridized carbons (Fsp3) is 0.357. The van der Waals surface area contributed by atoms with E-state index in [4.69, 9.17) is 0 Å². The number of nitrogens with one attached hydrogen (secondary N) is 1. The van der Waals surface area contributed by atoms with Gasteiger partial charge in [0, 0.05) is 17.8 Å². The van der Waals surface area contributed by atoms with Gasteiger partial charge in [-0.15, -0.1) is 11.3 Å². The zero-order valence-electron chi connectivity index (χ0n) is 11.2. The number of alkyl halides is 3. The minimum absolute atomic E-state index is 0.258. The summed E-state index contributed by atoms with van der Waals surface area (Å²) in [6.45, 7) is 1.88. The van der Waals surface area contributed by atoms with E-state index < -0.39 is 17.8 Å². The van der Waals surface area contributed by atoms with Crippen LogP contribution in [0.5, 0.6) is 0 Å². The Hall–Kier alpha value is -1.40. The summed E-state index contributed by atoms with van der Waals surface area (Å²) < 4.78 is 39.1. The van der Waals surface area contributed by atoms with Crippen molar-refractivity contribution in [2.75, 3.05) is 7.05 Å². The van der Waals surface area contributed by atoms with Gasteiger partial charge in [-0.1, -0.05) is 18.2 Å². The highest BCUT2D eigenvalue weighted by atomic mass is 32.1. The average Bonchev–Trinajstić information content (AvgIpc) is 2.80. The predicted molar refractivity (Wildman–Crippen MR) is 73.8 cm³/mol. The van der Waals surface area contributed by atoms with E-state index in [1.165, 1.54) is 23.5 Å². The molecular formula is C14H15F3N2S. The smallest absolute Gasteiger partial charge is 0.313 e. The predicted octanol–water partition coefficient (Wildman–Crippen LogP) is 3.97.